The van der Waals surface area contributed by atoms with E-state index in [1.54, 1.807) is 11.1 Å². The van der Waals surface area contributed by atoms with Gasteiger partial charge in [-0.2, -0.15) is 0 Å². The Hall–Kier alpha value is -0.600. The van der Waals surface area contributed by atoms with Crippen LogP contribution in [0.4, 0.5) is 0 Å². The van der Waals surface area contributed by atoms with Crippen LogP contribution in [0, 0.1) is 34.0 Å². The van der Waals surface area contributed by atoms with Gasteiger partial charge in [-0.15, -0.1) is 0 Å². The lowest BCUT2D eigenvalue weighted by Crippen LogP contribution is -2.49. The molecule has 0 saturated heterocycles. The smallest absolute Gasteiger partial charge is 0.0156 e. The molecular formula is C25H42N2. The average molecular weight is 371 g/mol. The van der Waals surface area contributed by atoms with E-state index in [-0.39, 0.29) is 0 Å². The third kappa shape index (κ3) is 2.65. The highest BCUT2D eigenvalue weighted by Gasteiger charge is 2.61. The first-order chi connectivity index (χ1) is 12.6. The summed E-state index contributed by atoms with van der Waals surface area (Å²) in [6.07, 6.45) is 14.4. The molecule has 0 radical (unpaired) electrons. The first-order valence-electron chi connectivity index (χ1n) is 11.5. The fourth-order valence-corrected chi connectivity index (χ4v) is 8.14. The molecular weight excluding hydrogens is 328 g/mol. The third-order valence-corrected chi connectivity index (χ3v) is 10.1. The number of rotatable bonds is 2. The standard InChI is InChI=1S/C25H42N2/c1-16(26)19-12-14-25(5)21-9-8-20-17(7-10-22(27-6)23(20,2)3)15-18(21)11-13-24(19,25)4/h7,15-16,19-22,27H,8-14,26H2,1-6H3. The van der Waals surface area contributed by atoms with Crippen LogP contribution in [0.2, 0.25) is 0 Å². The predicted molar refractivity (Wildman–Crippen MR) is 115 cm³/mol. The Morgan fingerprint density at radius 3 is 2.41 bits per heavy atom. The molecule has 2 nitrogen and oxygen atoms in total. The molecule has 7 atom stereocenters. The van der Waals surface area contributed by atoms with E-state index in [9.17, 15) is 0 Å². The van der Waals surface area contributed by atoms with E-state index in [1.807, 2.05) is 0 Å². The molecule has 0 bridgehead atoms. The van der Waals surface area contributed by atoms with Crippen molar-refractivity contribution in [3.8, 4) is 0 Å². The molecule has 4 aliphatic rings. The maximum absolute atomic E-state index is 6.48. The van der Waals surface area contributed by atoms with Crippen molar-refractivity contribution < 1.29 is 0 Å². The van der Waals surface area contributed by atoms with Crippen molar-refractivity contribution in [2.75, 3.05) is 7.05 Å². The second-order valence-corrected chi connectivity index (χ2v) is 11.3. The average Bonchev–Trinajstić information content (AvgIpc) is 2.75. The fourth-order valence-electron chi connectivity index (χ4n) is 8.14. The van der Waals surface area contributed by atoms with E-state index in [0.29, 0.717) is 40.2 Å². The quantitative estimate of drug-likeness (QED) is 0.678. The Morgan fingerprint density at radius 2 is 1.74 bits per heavy atom. The highest BCUT2D eigenvalue weighted by Crippen LogP contribution is 2.68. The van der Waals surface area contributed by atoms with E-state index in [2.05, 4.69) is 59.1 Å². The number of nitrogens with one attached hydrogen (secondary N) is 1. The van der Waals surface area contributed by atoms with Crippen LogP contribution in [-0.2, 0) is 0 Å². The number of hydrogen-bond acceptors (Lipinski definition) is 2. The molecule has 7 unspecified atom stereocenters. The molecule has 3 N–H and O–H groups in total. The topological polar surface area (TPSA) is 38.0 Å². The Labute approximate surface area is 167 Å². The van der Waals surface area contributed by atoms with Gasteiger partial charge < -0.3 is 11.1 Å². The maximum atomic E-state index is 6.48. The minimum atomic E-state index is 0.328. The lowest BCUT2D eigenvalue weighted by atomic mass is 9.50. The summed E-state index contributed by atoms with van der Waals surface area (Å²) in [6.45, 7) is 12.4. The van der Waals surface area contributed by atoms with Gasteiger partial charge in [0, 0.05) is 12.1 Å². The highest BCUT2D eigenvalue weighted by molar-refractivity contribution is 5.36. The summed E-state index contributed by atoms with van der Waals surface area (Å²) in [7, 11) is 2.14. The second kappa shape index (κ2) is 6.46. The first-order valence-corrected chi connectivity index (χ1v) is 11.5. The zero-order chi connectivity index (χ0) is 19.6. The molecule has 152 valence electrons. The number of allylic oxidation sites excluding steroid dienone is 3. The van der Waals surface area contributed by atoms with Gasteiger partial charge in [0.15, 0.2) is 0 Å². The minimum absolute atomic E-state index is 0.328. The molecule has 4 aliphatic carbocycles. The van der Waals surface area contributed by atoms with Crippen molar-refractivity contribution in [3.05, 3.63) is 23.3 Å². The van der Waals surface area contributed by atoms with Crippen molar-refractivity contribution >= 4 is 0 Å². The minimum Gasteiger partial charge on any atom is -0.328 e. The van der Waals surface area contributed by atoms with Crippen LogP contribution >= 0.6 is 0 Å². The third-order valence-electron chi connectivity index (χ3n) is 10.1. The normalized spacial score (nSPS) is 47.1. The molecule has 0 heterocycles. The van der Waals surface area contributed by atoms with E-state index in [0.717, 1.165) is 5.92 Å². The lowest BCUT2D eigenvalue weighted by molar-refractivity contribution is -0.0182. The van der Waals surface area contributed by atoms with Crippen LogP contribution in [-0.4, -0.2) is 19.1 Å². The summed E-state index contributed by atoms with van der Waals surface area (Å²) >= 11 is 0. The van der Waals surface area contributed by atoms with Crippen molar-refractivity contribution in [1.82, 2.24) is 5.32 Å². The van der Waals surface area contributed by atoms with E-state index in [4.69, 9.17) is 5.73 Å². The summed E-state index contributed by atoms with van der Waals surface area (Å²) in [6, 6.07) is 0.924. The summed E-state index contributed by atoms with van der Waals surface area (Å²) in [5.74, 6) is 2.15. The Bertz CT molecular complexity index is 657. The molecule has 27 heavy (non-hydrogen) atoms. The van der Waals surface area contributed by atoms with E-state index >= 15 is 0 Å². The second-order valence-electron chi connectivity index (χ2n) is 11.3. The van der Waals surface area contributed by atoms with Gasteiger partial charge in [-0.05, 0) is 98.5 Å². The molecule has 4 rings (SSSR count). The van der Waals surface area contributed by atoms with Crippen molar-refractivity contribution in [2.45, 2.75) is 91.6 Å². The van der Waals surface area contributed by atoms with Gasteiger partial charge in [0.2, 0.25) is 0 Å². The molecule has 0 aromatic heterocycles. The number of nitrogens with two attached hydrogens (primary N) is 1. The van der Waals surface area contributed by atoms with E-state index in [1.165, 1.54) is 44.9 Å². The number of hydrogen-bond donors (Lipinski definition) is 2. The summed E-state index contributed by atoms with van der Waals surface area (Å²) in [5.41, 5.74) is 11.1. The summed E-state index contributed by atoms with van der Waals surface area (Å²) in [5, 5.41) is 3.60. The number of fused-ring (bicyclic) bond motifs is 4. The van der Waals surface area contributed by atoms with Crippen molar-refractivity contribution in [2.24, 2.45) is 39.7 Å². The van der Waals surface area contributed by atoms with Crippen LogP contribution in [0.15, 0.2) is 23.3 Å². The highest BCUT2D eigenvalue weighted by atomic mass is 14.9. The fraction of sp³-hybridized carbons (Fsp3) is 0.840. The predicted octanol–water partition coefficient (Wildman–Crippen LogP) is 5.45. The first kappa shape index (κ1) is 19.7. The van der Waals surface area contributed by atoms with Crippen LogP contribution in [0.5, 0.6) is 0 Å². The zero-order valence-electron chi connectivity index (χ0n) is 18.6. The van der Waals surface area contributed by atoms with Gasteiger partial charge in [-0.1, -0.05) is 45.4 Å². The van der Waals surface area contributed by atoms with Gasteiger partial charge >= 0.3 is 0 Å². The van der Waals surface area contributed by atoms with Gasteiger partial charge in [-0.25, -0.2) is 0 Å². The largest absolute Gasteiger partial charge is 0.328 e. The van der Waals surface area contributed by atoms with Gasteiger partial charge in [-0.3, -0.25) is 0 Å². The molecule has 0 amide bonds. The Kier molecular flexibility index (Phi) is 4.71. The molecule has 0 aliphatic heterocycles. The van der Waals surface area contributed by atoms with Crippen molar-refractivity contribution in [1.29, 1.82) is 0 Å². The maximum Gasteiger partial charge on any atom is 0.0156 e. The molecule has 2 heteroatoms. The Balaban J connectivity index is 1.69. The molecule has 0 aromatic rings. The summed E-state index contributed by atoms with van der Waals surface area (Å²) < 4.78 is 0. The molecule has 0 aromatic carbocycles. The Morgan fingerprint density at radius 1 is 1.04 bits per heavy atom. The van der Waals surface area contributed by atoms with Crippen LogP contribution < -0.4 is 11.1 Å². The van der Waals surface area contributed by atoms with Crippen LogP contribution in [0.25, 0.3) is 0 Å². The zero-order valence-corrected chi connectivity index (χ0v) is 18.6. The van der Waals surface area contributed by atoms with E-state index < -0.39 is 0 Å². The molecule has 2 saturated carbocycles. The van der Waals surface area contributed by atoms with Crippen LogP contribution in [0.1, 0.15) is 79.6 Å². The molecule has 0 spiro atoms. The monoisotopic (exact) mass is 370 g/mol. The SMILES string of the molecule is CNC1CC=C2C=C3CCC4(C)C(C(C)N)CCC4(C)C3CCC2C1(C)C. The summed E-state index contributed by atoms with van der Waals surface area (Å²) in [4.78, 5) is 0. The van der Waals surface area contributed by atoms with Crippen LogP contribution in [0.3, 0.4) is 0 Å². The van der Waals surface area contributed by atoms with Gasteiger partial charge in [0.05, 0.1) is 0 Å². The van der Waals surface area contributed by atoms with Crippen molar-refractivity contribution in [3.63, 3.8) is 0 Å². The molecule has 2 fully saturated rings. The lowest BCUT2D eigenvalue weighted by Gasteiger charge is -2.55. The van der Waals surface area contributed by atoms with Gasteiger partial charge in [0.1, 0.15) is 0 Å². The van der Waals surface area contributed by atoms with Gasteiger partial charge in [0.25, 0.3) is 0 Å².